The summed E-state index contributed by atoms with van der Waals surface area (Å²) in [5, 5.41) is -1.40. The van der Waals surface area contributed by atoms with Crippen LogP contribution in [-0.2, 0) is 5.41 Å². The van der Waals surface area contributed by atoms with Gasteiger partial charge in [-0.3, -0.25) is 0 Å². The first kappa shape index (κ1) is 11.1. The van der Waals surface area contributed by atoms with Gasteiger partial charge in [0.05, 0.1) is 0 Å². The van der Waals surface area contributed by atoms with Crippen molar-refractivity contribution in [3.8, 4) is 0 Å². The maximum absolute atomic E-state index is 13.4. The Morgan fingerprint density at radius 3 is 2.18 bits per heavy atom. The van der Waals surface area contributed by atoms with E-state index in [1.807, 2.05) is 0 Å². The molecular formula is C12H12BF4-. The van der Waals surface area contributed by atoms with Crippen LogP contribution in [0.2, 0.25) is 5.31 Å². The molecule has 4 rings (SSSR count). The summed E-state index contributed by atoms with van der Waals surface area (Å²) in [6.07, 6.45) is 0.476. The van der Waals surface area contributed by atoms with E-state index in [4.69, 9.17) is 0 Å². The lowest BCUT2D eigenvalue weighted by molar-refractivity contribution is -0.0402. The van der Waals surface area contributed by atoms with E-state index in [1.165, 1.54) is 6.07 Å². The van der Waals surface area contributed by atoms with Crippen LogP contribution < -0.4 is 0 Å². The Balaban J connectivity index is 1.85. The third-order valence-corrected chi connectivity index (χ3v) is 4.55. The van der Waals surface area contributed by atoms with Crippen LogP contribution in [0.25, 0.3) is 0 Å². The van der Waals surface area contributed by atoms with E-state index in [9.17, 15) is 17.3 Å². The van der Waals surface area contributed by atoms with Gasteiger partial charge in [0.1, 0.15) is 5.82 Å². The summed E-state index contributed by atoms with van der Waals surface area (Å²) in [6, 6.07) is 4.82. The van der Waals surface area contributed by atoms with Gasteiger partial charge in [0, 0.05) is 0 Å². The molecule has 0 radical (unpaired) electrons. The molecule has 3 fully saturated rings. The third kappa shape index (κ3) is 1.25. The van der Waals surface area contributed by atoms with Crippen molar-refractivity contribution in [3.05, 3.63) is 35.1 Å². The minimum atomic E-state index is -4.74. The number of rotatable bonds is 2. The van der Waals surface area contributed by atoms with Crippen molar-refractivity contribution >= 4 is 6.98 Å². The molecule has 0 amide bonds. The molecule has 0 heterocycles. The van der Waals surface area contributed by atoms with Gasteiger partial charge in [-0.15, -0.1) is 0 Å². The smallest absolute Gasteiger partial charge is 0.449 e. The van der Waals surface area contributed by atoms with Crippen LogP contribution >= 0.6 is 0 Å². The first-order valence-electron chi connectivity index (χ1n) is 5.74. The zero-order chi connectivity index (χ0) is 12.5. The predicted octanol–water partition coefficient (Wildman–Crippen LogP) is 4.16. The van der Waals surface area contributed by atoms with Gasteiger partial charge in [0.25, 0.3) is 0 Å². The van der Waals surface area contributed by atoms with Crippen molar-refractivity contribution in [2.45, 2.75) is 36.9 Å². The number of hydrogen-bond acceptors (Lipinski definition) is 0. The fraction of sp³-hybridized carbons (Fsp3) is 0.500. The summed E-state index contributed by atoms with van der Waals surface area (Å²) < 4.78 is 51.6. The number of benzene rings is 1. The summed E-state index contributed by atoms with van der Waals surface area (Å²) >= 11 is 0. The molecule has 0 saturated heterocycles. The Kier molecular flexibility index (Phi) is 1.88. The van der Waals surface area contributed by atoms with E-state index in [0.29, 0.717) is 5.56 Å². The van der Waals surface area contributed by atoms with Crippen LogP contribution in [0.4, 0.5) is 17.3 Å². The van der Waals surface area contributed by atoms with Crippen LogP contribution in [0.1, 0.15) is 30.4 Å². The summed E-state index contributed by atoms with van der Waals surface area (Å²) in [5.74, 6) is -0.321. The molecule has 2 bridgehead atoms. The quantitative estimate of drug-likeness (QED) is 0.540. The molecule has 17 heavy (non-hydrogen) atoms. The van der Waals surface area contributed by atoms with E-state index in [1.54, 1.807) is 19.1 Å². The standard InChI is InChI=1S/C12H12BF4/c1-8-2-3-9(4-10(8)14)11-5-12(6-11,7-11)13(15,16)17/h2-4H,5-7H2,1H3/q-1. The fourth-order valence-corrected chi connectivity index (χ4v) is 3.44. The maximum Gasteiger partial charge on any atom is 0.484 e. The van der Waals surface area contributed by atoms with Gasteiger partial charge in [-0.2, -0.15) is 0 Å². The Bertz CT molecular complexity index is 472. The first-order chi connectivity index (χ1) is 7.78. The molecule has 1 aromatic carbocycles. The van der Waals surface area contributed by atoms with Gasteiger partial charge in [-0.25, -0.2) is 4.39 Å². The highest BCUT2D eigenvalue weighted by molar-refractivity contribution is 6.63. The molecule has 3 aliphatic carbocycles. The largest absolute Gasteiger partial charge is 0.484 e. The molecular weight excluding hydrogens is 231 g/mol. The zero-order valence-electron chi connectivity index (χ0n) is 9.44. The molecule has 5 heteroatoms. The molecule has 0 nitrogen and oxygen atoms in total. The van der Waals surface area contributed by atoms with Crippen LogP contribution in [0.3, 0.4) is 0 Å². The highest BCUT2D eigenvalue weighted by atomic mass is 19.4. The topological polar surface area (TPSA) is 0 Å². The van der Waals surface area contributed by atoms with E-state index in [0.717, 1.165) is 5.56 Å². The van der Waals surface area contributed by atoms with Crippen LogP contribution in [0.15, 0.2) is 18.2 Å². The summed E-state index contributed by atoms with van der Waals surface area (Å²) in [5.41, 5.74) is 0.892. The lowest BCUT2D eigenvalue weighted by Crippen LogP contribution is -2.67. The highest BCUT2D eigenvalue weighted by Gasteiger charge is 2.74. The third-order valence-electron chi connectivity index (χ3n) is 4.55. The van der Waals surface area contributed by atoms with Gasteiger partial charge in [-0.1, -0.05) is 36.7 Å². The van der Waals surface area contributed by atoms with Gasteiger partial charge in [-0.05, 0) is 29.5 Å². The lowest BCUT2D eigenvalue weighted by atomic mass is 9.23. The number of hydrogen-bond donors (Lipinski definition) is 0. The van der Waals surface area contributed by atoms with Crippen molar-refractivity contribution in [1.29, 1.82) is 0 Å². The van der Waals surface area contributed by atoms with E-state index in [-0.39, 0.29) is 30.5 Å². The van der Waals surface area contributed by atoms with Crippen molar-refractivity contribution in [3.63, 3.8) is 0 Å². The zero-order valence-corrected chi connectivity index (χ0v) is 9.44. The molecule has 3 aliphatic rings. The van der Waals surface area contributed by atoms with Gasteiger partial charge in [0.2, 0.25) is 0 Å². The summed E-state index contributed by atoms with van der Waals surface area (Å²) in [4.78, 5) is 0. The minimum absolute atomic E-state index is 0.159. The monoisotopic (exact) mass is 243 g/mol. The second-order valence-electron chi connectivity index (χ2n) is 5.71. The van der Waals surface area contributed by atoms with Crippen molar-refractivity contribution in [2.24, 2.45) is 0 Å². The van der Waals surface area contributed by atoms with E-state index in [2.05, 4.69) is 0 Å². The Morgan fingerprint density at radius 1 is 1.12 bits per heavy atom. The molecule has 3 saturated carbocycles. The van der Waals surface area contributed by atoms with Crippen LogP contribution in [0.5, 0.6) is 0 Å². The minimum Gasteiger partial charge on any atom is -0.449 e. The highest BCUT2D eigenvalue weighted by Crippen LogP contribution is 2.82. The molecule has 1 aromatic rings. The van der Waals surface area contributed by atoms with Crippen molar-refractivity contribution in [2.75, 3.05) is 0 Å². The van der Waals surface area contributed by atoms with E-state index >= 15 is 0 Å². The number of halogens is 4. The van der Waals surface area contributed by atoms with Gasteiger partial charge >= 0.3 is 6.98 Å². The lowest BCUT2D eigenvalue weighted by Gasteiger charge is -2.75. The van der Waals surface area contributed by atoms with E-state index < -0.39 is 12.3 Å². The predicted molar refractivity (Wildman–Crippen MR) is 58.4 cm³/mol. The van der Waals surface area contributed by atoms with Crippen LogP contribution in [0, 0.1) is 12.7 Å². The Morgan fingerprint density at radius 2 is 1.71 bits per heavy atom. The summed E-state index contributed by atoms with van der Waals surface area (Å²) in [7, 11) is 0. The number of aryl methyl sites for hydroxylation is 1. The second-order valence-corrected chi connectivity index (χ2v) is 5.71. The fourth-order valence-electron chi connectivity index (χ4n) is 3.44. The molecule has 0 N–H and O–H groups in total. The molecule has 0 aromatic heterocycles. The first-order valence-corrected chi connectivity index (χ1v) is 5.74. The average Bonchev–Trinajstić information content (AvgIpc) is 2.03. The molecule has 0 unspecified atom stereocenters. The van der Waals surface area contributed by atoms with Crippen LogP contribution in [-0.4, -0.2) is 6.98 Å². The molecule has 92 valence electrons. The Hall–Kier alpha value is -0.995. The maximum atomic E-state index is 13.4. The second kappa shape index (κ2) is 2.87. The molecule has 0 atom stereocenters. The van der Waals surface area contributed by atoms with Crippen molar-refractivity contribution < 1.29 is 17.3 Å². The Labute approximate surface area is 97.1 Å². The molecule has 0 aliphatic heterocycles. The molecule has 0 spiro atoms. The normalized spacial score (nSPS) is 35.1. The van der Waals surface area contributed by atoms with Crippen molar-refractivity contribution in [1.82, 2.24) is 0 Å². The van der Waals surface area contributed by atoms with Gasteiger partial charge in [0.15, 0.2) is 0 Å². The average molecular weight is 243 g/mol. The SMILES string of the molecule is Cc1ccc(C23CC([B-](F)(F)F)(C2)C3)cc1F. The van der Waals surface area contributed by atoms with Gasteiger partial charge < -0.3 is 12.9 Å². The summed E-state index contributed by atoms with van der Waals surface area (Å²) in [6.45, 7) is -3.09.